The number of carbonyl (C=O) groups is 1. The Morgan fingerprint density at radius 1 is 0.964 bits per heavy atom. The van der Waals surface area contributed by atoms with Crippen molar-refractivity contribution in [1.82, 2.24) is 4.98 Å². The molecular weight excluding hydrogens is 380 g/mol. The number of methoxy groups -OCH3 is 2. The molecule has 0 spiro atoms. The van der Waals surface area contributed by atoms with Gasteiger partial charge in [0.1, 0.15) is 12.4 Å². The average molecular weight is 399 g/mol. The third kappa shape index (κ3) is 4.72. The summed E-state index contributed by atoms with van der Waals surface area (Å²) in [7, 11) is 3.05. The lowest BCUT2D eigenvalue weighted by atomic mass is 10.1. The van der Waals surface area contributed by atoms with Gasteiger partial charge in [0, 0.05) is 29.2 Å². The van der Waals surface area contributed by atoms with Crippen LogP contribution in [0.25, 0.3) is 0 Å². The van der Waals surface area contributed by atoms with E-state index in [1.54, 1.807) is 55.9 Å². The summed E-state index contributed by atoms with van der Waals surface area (Å²) in [5, 5.41) is 3.33. The van der Waals surface area contributed by atoms with E-state index in [1.165, 1.54) is 7.11 Å². The number of nitrogens with zero attached hydrogens (tertiary/aromatic N) is 1. The SMILES string of the molecule is COc1ccc(NC(=O)c2ccc(Cl)cc2OC)cc1OCc1ccncc1. The smallest absolute Gasteiger partial charge is 0.259 e. The molecule has 1 aromatic heterocycles. The molecular formula is C21H19ClN2O4. The molecule has 0 aliphatic rings. The van der Waals surface area contributed by atoms with Gasteiger partial charge in [0.2, 0.25) is 0 Å². The second kappa shape index (κ2) is 9.10. The van der Waals surface area contributed by atoms with Gasteiger partial charge in [-0.2, -0.15) is 0 Å². The van der Waals surface area contributed by atoms with E-state index < -0.39 is 0 Å². The number of anilines is 1. The van der Waals surface area contributed by atoms with E-state index in [-0.39, 0.29) is 5.91 Å². The Kier molecular flexibility index (Phi) is 6.34. The first kappa shape index (κ1) is 19.5. The molecule has 0 saturated carbocycles. The molecule has 2 aromatic carbocycles. The lowest BCUT2D eigenvalue weighted by molar-refractivity contribution is 0.102. The van der Waals surface area contributed by atoms with Crippen molar-refractivity contribution in [1.29, 1.82) is 0 Å². The normalized spacial score (nSPS) is 10.2. The number of nitrogens with one attached hydrogen (secondary N) is 1. The van der Waals surface area contributed by atoms with Crippen molar-refractivity contribution in [2.24, 2.45) is 0 Å². The van der Waals surface area contributed by atoms with Crippen LogP contribution in [0.15, 0.2) is 60.9 Å². The molecule has 0 unspecified atom stereocenters. The van der Waals surface area contributed by atoms with Crippen molar-refractivity contribution in [3.05, 3.63) is 77.1 Å². The van der Waals surface area contributed by atoms with Crippen LogP contribution in [0.3, 0.4) is 0 Å². The summed E-state index contributed by atoms with van der Waals surface area (Å²) in [6.45, 7) is 0.348. The minimum absolute atomic E-state index is 0.321. The van der Waals surface area contributed by atoms with Gasteiger partial charge >= 0.3 is 0 Å². The van der Waals surface area contributed by atoms with Gasteiger partial charge < -0.3 is 19.5 Å². The molecule has 7 heteroatoms. The molecule has 0 saturated heterocycles. The van der Waals surface area contributed by atoms with Gasteiger partial charge in [-0.3, -0.25) is 9.78 Å². The van der Waals surface area contributed by atoms with E-state index >= 15 is 0 Å². The quantitative estimate of drug-likeness (QED) is 0.630. The Hall–Kier alpha value is -3.25. The highest BCUT2D eigenvalue weighted by Gasteiger charge is 2.14. The summed E-state index contributed by atoms with van der Waals surface area (Å²) in [5.74, 6) is 1.16. The van der Waals surface area contributed by atoms with Gasteiger partial charge in [0.15, 0.2) is 11.5 Å². The van der Waals surface area contributed by atoms with E-state index in [1.807, 2.05) is 12.1 Å². The second-order valence-electron chi connectivity index (χ2n) is 5.81. The molecule has 1 heterocycles. The molecule has 144 valence electrons. The standard InChI is InChI=1S/C21H19ClN2O4/c1-26-18-6-4-16(12-20(18)28-13-14-7-9-23-10-8-14)24-21(25)17-5-3-15(22)11-19(17)27-2/h3-12H,13H2,1-2H3,(H,24,25). The van der Waals surface area contributed by atoms with Crippen LogP contribution in [0.1, 0.15) is 15.9 Å². The molecule has 1 N–H and O–H groups in total. The van der Waals surface area contributed by atoms with Gasteiger partial charge in [-0.15, -0.1) is 0 Å². The summed E-state index contributed by atoms with van der Waals surface area (Å²) in [6, 6.07) is 13.7. The molecule has 3 aromatic rings. The van der Waals surface area contributed by atoms with Crippen LogP contribution in [0.5, 0.6) is 17.2 Å². The highest BCUT2D eigenvalue weighted by atomic mass is 35.5. The second-order valence-corrected chi connectivity index (χ2v) is 6.24. The number of aromatic nitrogens is 1. The van der Waals surface area contributed by atoms with Gasteiger partial charge in [0.05, 0.1) is 19.8 Å². The molecule has 1 amide bonds. The van der Waals surface area contributed by atoms with E-state index in [0.717, 1.165) is 5.56 Å². The topological polar surface area (TPSA) is 69.7 Å². The molecule has 0 fully saturated rings. The van der Waals surface area contributed by atoms with Crippen LogP contribution in [0.4, 0.5) is 5.69 Å². The predicted octanol–water partition coefficient (Wildman–Crippen LogP) is 4.58. The minimum atomic E-state index is -0.321. The lowest BCUT2D eigenvalue weighted by Gasteiger charge is -2.14. The molecule has 3 rings (SSSR count). The predicted molar refractivity (Wildman–Crippen MR) is 108 cm³/mol. The van der Waals surface area contributed by atoms with Crippen molar-refractivity contribution in [3.8, 4) is 17.2 Å². The van der Waals surface area contributed by atoms with E-state index in [4.69, 9.17) is 25.8 Å². The van der Waals surface area contributed by atoms with Crippen molar-refractivity contribution in [2.45, 2.75) is 6.61 Å². The Morgan fingerprint density at radius 2 is 1.71 bits per heavy atom. The number of carbonyl (C=O) groups excluding carboxylic acids is 1. The highest BCUT2D eigenvalue weighted by Crippen LogP contribution is 2.31. The highest BCUT2D eigenvalue weighted by molar-refractivity contribution is 6.31. The average Bonchev–Trinajstić information content (AvgIpc) is 2.73. The van der Waals surface area contributed by atoms with Crippen LogP contribution in [-0.2, 0) is 6.61 Å². The van der Waals surface area contributed by atoms with Crippen LogP contribution >= 0.6 is 11.6 Å². The van der Waals surface area contributed by atoms with Gasteiger partial charge in [0.25, 0.3) is 5.91 Å². The Morgan fingerprint density at radius 3 is 2.43 bits per heavy atom. The van der Waals surface area contributed by atoms with E-state index in [0.29, 0.717) is 40.1 Å². The Balaban J connectivity index is 1.78. The fourth-order valence-corrected chi connectivity index (χ4v) is 2.72. The van der Waals surface area contributed by atoms with Crippen molar-refractivity contribution >= 4 is 23.2 Å². The van der Waals surface area contributed by atoms with Gasteiger partial charge in [-0.05, 0) is 48.0 Å². The number of pyridine rings is 1. The maximum Gasteiger partial charge on any atom is 0.259 e. The van der Waals surface area contributed by atoms with E-state index in [9.17, 15) is 4.79 Å². The number of halogens is 1. The number of amides is 1. The zero-order valence-electron chi connectivity index (χ0n) is 15.4. The van der Waals surface area contributed by atoms with Crippen molar-refractivity contribution < 1.29 is 19.0 Å². The molecule has 0 aliphatic carbocycles. The summed E-state index contributed by atoms with van der Waals surface area (Å²) >= 11 is 5.95. The summed E-state index contributed by atoms with van der Waals surface area (Å²) < 4.78 is 16.4. The molecule has 0 atom stereocenters. The maximum atomic E-state index is 12.6. The largest absolute Gasteiger partial charge is 0.496 e. The number of hydrogen-bond acceptors (Lipinski definition) is 5. The fourth-order valence-electron chi connectivity index (χ4n) is 2.56. The minimum Gasteiger partial charge on any atom is -0.496 e. The maximum absolute atomic E-state index is 12.6. The van der Waals surface area contributed by atoms with Gasteiger partial charge in [-0.25, -0.2) is 0 Å². The summed E-state index contributed by atoms with van der Waals surface area (Å²) in [6.07, 6.45) is 3.40. The zero-order chi connectivity index (χ0) is 19.9. The van der Waals surface area contributed by atoms with Crippen LogP contribution in [0.2, 0.25) is 5.02 Å². The van der Waals surface area contributed by atoms with E-state index in [2.05, 4.69) is 10.3 Å². The molecule has 28 heavy (non-hydrogen) atoms. The fraction of sp³-hybridized carbons (Fsp3) is 0.143. The monoisotopic (exact) mass is 398 g/mol. The molecule has 0 bridgehead atoms. The molecule has 0 radical (unpaired) electrons. The molecule has 6 nitrogen and oxygen atoms in total. The lowest BCUT2D eigenvalue weighted by Crippen LogP contribution is -2.13. The summed E-state index contributed by atoms with van der Waals surface area (Å²) in [4.78, 5) is 16.6. The first-order valence-electron chi connectivity index (χ1n) is 8.45. The Labute approximate surface area is 168 Å². The van der Waals surface area contributed by atoms with Crippen LogP contribution in [-0.4, -0.2) is 25.1 Å². The van der Waals surface area contributed by atoms with Crippen molar-refractivity contribution in [2.75, 3.05) is 19.5 Å². The van der Waals surface area contributed by atoms with Gasteiger partial charge in [-0.1, -0.05) is 11.6 Å². The zero-order valence-corrected chi connectivity index (χ0v) is 16.2. The Bertz CT molecular complexity index is 964. The number of ether oxygens (including phenoxy) is 3. The third-order valence-corrected chi connectivity index (χ3v) is 4.21. The van der Waals surface area contributed by atoms with Crippen LogP contribution in [0, 0.1) is 0 Å². The molecule has 0 aliphatic heterocycles. The third-order valence-electron chi connectivity index (χ3n) is 3.97. The number of benzene rings is 2. The summed E-state index contributed by atoms with van der Waals surface area (Å²) in [5.41, 5.74) is 1.91. The number of rotatable bonds is 7. The first-order chi connectivity index (χ1) is 13.6. The first-order valence-corrected chi connectivity index (χ1v) is 8.83. The number of hydrogen-bond donors (Lipinski definition) is 1. The van der Waals surface area contributed by atoms with Crippen LogP contribution < -0.4 is 19.5 Å². The van der Waals surface area contributed by atoms with Crippen molar-refractivity contribution in [3.63, 3.8) is 0 Å².